The van der Waals surface area contributed by atoms with Crippen LogP contribution >= 0.6 is 0 Å². The molecule has 100 valence electrons. The lowest BCUT2D eigenvalue weighted by atomic mass is 10.0. The van der Waals surface area contributed by atoms with E-state index in [0.29, 0.717) is 0 Å². The van der Waals surface area contributed by atoms with Gasteiger partial charge >= 0.3 is 0 Å². The minimum Gasteiger partial charge on any atom is -0.484 e. The van der Waals surface area contributed by atoms with E-state index in [0.717, 1.165) is 17.7 Å². The van der Waals surface area contributed by atoms with E-state index in [9.17, 15) is 0 Å². The summed E-state index contributed by atoms with van der Waals surface area (Å²) in [5, 5.41) is 0. The Bertz CT molecular complexity index is 511. The SMILES string of the molecule is CCc1ccccc1OC(c1ccncc1)C(C)N. The number of nitrogens with zero attached hydrogens (tertiary/aromatic N) is 1. The number of aryl methyl sites for hydroxylation is 1. The number of pyridine rings is 1. The molecule has 1 aromatic heterocycles. The van der Waals surface area contributed by atoms with Crippen LogP contribution in [0.4, 0.5) is 0 Å². The smallest absolute Gasteiger partial charge is 0.139 e. The van der Waals surface area contributed by atoms with Gasteiger partial charge in [0.05, 0.1) is 0 Å². The van der Waals surface area contributed by atoms with Gasteiger partial charge in [-0.15, -0.1) is 0 Å². The number of hydrogen-bond acceptors (Lipinski definition) is 3. The molecule has 0 aliphatic rings. The van der Waals surface area contributed by atoms with Crippen molar-refractivity contribution in [3.8, 4) is 5.75 Å². The Morgan fingerprint density at radius 2 is 1.84 bits per heavy atom. The summed E-state index contributed by atoms with van der Waals surface area (Å²) in [7, 11) is 0. The summed E-state index contributed by atoms with van der Waals surface area (Å²) in [6.45, 7) is 4.08. The first-order valence-corrected chi connectivity index (χ1v) is 6.62. The quantitative estimate of drug-likeness (QED) is 0.894. The first-order chi connectivity index (χ1) is 9.22. The molecule has 0 radical (unpaired) electrons. The molecule has 0 fully saturated rings. The van der Waals surface area contributed by atoms with Crippen molar-refractivity contribution < 1.29 is 4.74 Å². The van der Waals surface area contributed by atoms with Crippen molar-refractivity contribution in [3.05, 3.63) is 59.9 Å². The Labute approximate surface area is 114 Å². The van der Waals surface area contributed by atoms with E-state index in [-0.39, 0.29) is 12.1 Å². The number of aromatic nitrogens is 1. The van der Waals surface area contributed by atoms with Crippen LogP contribution in [0.25, 0.3) is 0 Å². The van der Waals surface area contributed by atoms with Gasteiger partial charge in [0, 0.05) is 18.4 Å². The summed E-state index contributed by atoms with van der Waals surface area (Å²) in [5.41, 5.74) is 8.31. The second-order valence-electron chi connectivity index (χ2n) is 4.64. The molecule has 0 saturated heterocycles. The van der Waals surface area contributed by atoms with Crippen molar-refractivity contribution in [3.63, 3.8) is 0 Å². The zero-order valence-corrected chi connectivity index (χ0v) is 11.4. The summed E-state index contributed by atoms with van der Waals surface area (Å²) >= 11 is 0. The Kier molecular flexibility index (Phi) is 4.53. The zero-order chi connectivity index (χ0) is 13.7. The minimum absolute atomic E-state index is 0.0905. The third kappa shape index (κ3) is 3.32. The van der Waals surface area contributed by atoms with Crippen LogP contribution in [0.15, 0.2) is 48.8 Å². The van der Waals surface area contributed by atoms with Crippen LogP contribution in [0.5, 0.6) is 5.75 Å². The van der Waals surface area contributed by atoms with Gasteiger partial charge in [-0.1, -0.05) is 25.1 Å². The highest BCUT2D eigenvalue weighted by atomic mass is 16.5. The second kappa shape index (κ2) is 6.34. The topological polar surface area (TPSA) is 48.1 Å². The summed E-state index contributed by atoms with van der Waals surface area (Å²) in [4.78, 5) is 4.03. The van der Waals surface area contributed by atoms with Crippen LogP contribution in [-0.2, 0) is 6.42 Å². The fraction of sp³-hybridized carbons (Fsp3) is 0.312. The van der Waals surface area contributed by atoms with E-state index in [1.165, 1.54) is 5.56 Å². The van der Waals surface area contributed by atoms with Gasteiger partial charge in [-0.2, -0.15) is 0 Å². The normalized spacial score (nSPS) is 13.8. The molecular formula is C16H20N2O. The monoisotopic (exact) mass is 256 g/mol. The van der Waals surface area contributed by atoms with Gasteiger partial charge in [0.25, 0.3) is 0 Å². The van der Waals surface area contributed by atoms with Gasteiger partial charge in [0.1, 0.15) is 11.9 Å². The highest BCUT2D eigenvalue weighted by Gasteiger charge is 2.19. The lowest BCUT2D eigenvalue weighted by Gasteiger charge is -2.24. The standard InChI is InChI=1S/C16H20N2O/c1-3-13-6-4-5-7-15(13)19-16(12(2)17)14-8-10-18-11-9-14/h4-12,16H,3,17H2,1-2H3. The van der Waals surface area contributed by atoms with Gasteiger partial charge in [-0.05, 0) is 42.7 Å². The van der Waals surface area contributed by atoms with Crippen LogP contribution in [-0.4, -0.2) is 11.0 Å². The Morgan fingerprint density at radius 1 is 1.16 bits per heavy atom. The Morgan fingerprint density at radius 3 is 2.47 bits per heavy atom. The predicted octanol–water partition coefficient (Wildman–Crippen LogP) is 3.11. The largest absolute Gasteiger partial charge is 0.484 e. The molecule has 0 aliphatic heterocycles. The zero-order valence-electron chi connectivity index (χ0n) is 11.4. The van der Waals surface area contributed by atoms with Crippen molar-refractivity contribution in [2.45, 2.75) is 32.4 Å². The van der Waals surface area contributed by atoms with Gasteiger partial charge in [-0.25, -0.2) is 0 Å². The molecular weight excluding hydrogens is 236 g/mol. The van der Waals surface area contributed by atoms with Gasteiger partial charge in [0.15, 0.2) is 0 Å². The van der Waals surface area contributed by atoms with E-state index in [2.05, 4.69) is 18.0 Å². The minimum atomic E-state index is -0.157. The number of hydrogen-bond donors (Lipinski definition) is 1. The van der Waals surface area contributed by atoms with Crippen LogP contribution in [0, 0.1) is 0 Å². The number of benzene rings is 1. The highest BCUT2D eigenvalue weighted by molar-refractivity contribution is 5.34. The average Bonchev–Trinajstić information content (AvgIpc) is 2.45. The van der Waals surface area contributed by atoms with Gasteiger partial charge < -0.3 is 10.5 Å². The summed E-state index contributed by atoms with van der Waals surface area (Å²) < 4.78 is 6.13. The van der Waals surface area contributed by atoms with Gasteiger partial charge in [-0.3, -0.25) is 4.98 Å². The molecule has 0 aliphatic carbocycles. The fourth-order valence-electron chi connectivity index (χ4n) is 2.08. The summed E-state index contributed by atoms with van der Waals surface area (Å²) in [6, 6.07) is 11.9. The summed E-state index contributed by atoms with van der Waals surface area (Å²) in [5.74, 6) is 0.907. The van der Waals surface area contributed by atoms with E-state index in [1.807, 2.05) is 37.3 Å². The van der Waals surface area contributed by atoms with Crippen molar-refractivity contribution in [1.82, 2.24) is 4.98 Å². The van der Waals surface area contributed by atoms with Crippen LogP contribution < -0.4 is 10.5 Å². The molecule has 3 nitrogen and oxygen atoms in total. The van der Waals surface area contributed by atoms with E-state index in [1.54, 1.807) is 12.4 Å². The molecule has 1 heterocycles. The fourth-order valence-corrected chi connectivity index (χ4v) is 2.08. The molecule has 0 saturated carbocycles. The van der Waals surface area contributed by atoms with Crippen LogP contribution in [0.1, 0.15) is 31.1 Å². The first-order valence-electron chi connectivity index (χ1n) is 6.62. The molecule has 2 unspecified atom stereocenters. The van der Waals surface area contributed by atoms with Crippen LogP contribution in [0.3, 0.4) is 0 Å². The molecule has 2 N–H and O–H groups in total. The maximum atomic E-state index is 6.13. The van der Waals surface area contributed by atoms with E-state index < -0.39 is 0 Å². The molecule has 19 heavy (non-hydrogen) atoms. The maximum Gasteiger partial charge on any atom is 0.139 e. The average molecular weight is 256 g/mol. The van der Waals surface area contributed by atoms with Crippen molar-refractivity contribution in [1.29, 1.82) is 0 Å². The highest BCUT2D eigenvalue weighted by Crippen LogP contribution is 2.27. The molecule has 0 spiro atoms. The Balaban J connectivity index is 2.27. The predicted molar refractivity (Wildman–Crippen MR) is 77.1 cm³/mol. The van der Waals surface area contributed by atoms with E-state index in [4.69, 9.17) is 10.5 Å². The molecule has 0 bridgehead atoms. The molecule has 2 rings (SSSR count). The molecule has 2 atom stereocenters. The third-order valence-corrected chi connectivity index (χ3v) is 3.12. The van der Waals surface area contributed by atoms with Crippen LogP contribution in [0.2, 0.25) is 0 Å². The lowest BCUT2D eigenvalue weighted by Crippen LogP contribution is -2.29. The number of rotatable bonds is 5. The molecule has 2 aromatic rings. The second-order valence-corrected chi connectivity index (χ2v) is 4.64. The molecule has 1 aromatic carbocycles. The molecule has 0 amide bonds. The van der Waals surface area contributed by atoms with E-state index >= 15 is 0 Å². The summed E-state index contributed by atoms with van der Waals surface area (Å²) in [6.07, 6.45) is 4.31. The third-order valence-electron chi connectivity index (χ3n) is 3.12. The number of nitrogens with two attached hydrogens (primary N) is 1. The lowest BCUT2D eigenvalue weighted by molar-refractivity contribution is 0.178. The first kappa shape index (κ1) is 13.6. The maximum absolute atomic E-state index is 6.13. The molecule has 3 heteroatoms. The van der Waals surface area contributed by atoms with Crippen molar-refractivity contribution in [2.24, 2.45) is 5.73 Å². The number of ether oxygens (including phenoxy) is 1. The Hall–Kier alpha value is -1.87. The number of para-hydroxylation sites is 1. The van der Waals surface area contributed by atoms with Crippen molar-refractivity contribution >= 4 is 0 Å². The van der Waals surface area contributed by atoms with Gasteiger partial charge in [0.2, 0.25) is 0 Å². The van der Waals surface area contributed by atoms with Crippen molar-refractivity contribution in [2.75, 3.05) is 0 Å².